The number of ether oxygens (including phenoxy) is 1. The molecule has 2 unspecified atom stereocenters. The number of pyridine rings is 1. The summed E-state index contributed by atoms with van der Waals surface area (Å²) in [7, 11) is 0. The number of carbonyl (C=O) groups excluding carboxylic acids is 1. The van der Waals surface area contributed by atoms with Crippen LogP contribution in [0.5, 0.6) is 0 Å². The van der Waals surface area contributed by atoms with Gasteiger partial charge in [0.15, 0.2) is 0 Å². The second-order valence-corrected chi connectivity index (χ2v) is 8.05. The quantitative estimate of drug-likeness (QED) is 0.608. The molecule has 3 heterocycles. The molecule has 2 aromatic heterocycles. The Labute approximate surface area is 189 Å². The smallest absolute Gasteiger partial charge is 0.336 e. The molecule has 9 nitrogen and oxygen atoms in total. The molecule has 4 rings (SSSR count). The molecule has 1 amide bonds. The number of aromatic nitrogens is 4. The van der Waals surface area contributed by atoms with Crippen LogP contribution in [0.2, 0.25) is 5.02 Å². The van der Waals surface area contributed by atoms with Crippen LogP contribution in [0.1, 0.15) is 35.4 Å². The first-order valence-corrected chi connectivity index (χ1v) is 10.5. The predicted molar refractivity (Wildman–Crippen MR) is 116 cm³/mol. The number of halogens is 1. The van der Waals surface area contributed by atoms with E-state index in [1.165, 1.54) is 23.1 Å². The van der Waals surface area contributed by atoms with E-state index in [1.807, 2.05) is 30.0 Å². The molecule has 1 saturated heterocycles. The van der Waals surface area contributed by atoms with Crippen LogP contribution in [0.15, 0.2) is 48.9 Å². The summed E-state index contributed by atoms with van der Waals surface area (Å²) in [5, 5.41) is 18.1. The van der Waals surface area contributed by atoms with Crippen LogP contribution in [0.25, 0.3) is 11.3 Å². The SMILES string of the molecule is CC1COC(c2cccc(Cl)c2)CN1C(=O)CCn1cc(-c2cnccc2C(=O)O)nn1. The Kier molecular flexibility index (Phi) is 6.48. The van der Waals surface area contributed by atoms with Gasteiger partial charge in [-0.05, 0) is 30.7 Å². The van der Waals surface area contributed by atoms with E-state index in [-0.39, 0.29) is 30.0 Å². The fraction of sp³-hybridized carbons (Fsp3) is 0.318. The Balaban J connectivity index is 1.41. The van der Waals surface area contributed by atoms with Crippen LogP contribution >= 0.6 is 11.6 Å². The first-order valence-electron chi connectivity index (χ1n) is 10.2. The minimum atomic E-state index is -1.07. The van der Waals surface area contributed by atoms with Crippen molar-refractivity contribution in [2.75, 3.05) is 13.2 Å². The average molecular weight is 456 g/mol. The normalized spacial score (nSPS) is 18.5. The molecular formula is C22H22ClN5O4. The molecule has 1 N–H and O–H groups in total. The van der Waals surface area contributed by atoms with Crippen molar-refractivity contribution in [2.45, 2.75) is 32.0 Å². The van der Waals surface area contributed by atoms with Crippen molar-refractivity contribution in [3.05, 3.63) is 65.1 Å². The zero-order chi connectivity index (χ0) is 22.7. The monoisotopic (exact) mass is 455 g/mol. The summed E-state index contributed by atoms with van der Waals surface area (Å²) in [6, 6.07) is 8.83. The topological polar surface area (TPSA) is 110 Å². The van der Waals surface area contributed by atoms with Crippen molar-refractivity contribution < 1.29 is 19.4 Å². The maximum Gasteiger partial charge on any atom is 0.336 e. The molecule has 1 aromatic carbocycles. The van der Waals surface area contributed by atoms with Crippen molar-refractivity contribution in [3.8, 4) is 11.3 Å². The number of aryl methyl sites for hydroxylation is 1. The second-order valence-electron chi connectivity index (χ2n) is 7.62. The van der Waals surface area contributed by atoms with E-state index in [0.29, 0.717) is 36.0 Å². The van der Waals surface area contributed by atoms with Crippen LogP contribution in [0, 0.1) is 0 Å². The Morgan fingerprint density at radius 1 is 1.31 bits per heavy atom. The third-order valence-electron chi connectivity index (χ3n) is 5.39. The average Bonchev–Trinajstić information content (AvgIpc) is 3.26. The van der Waals surface area contributed by atoms with Gasteiger partial charge in [-0.3, -0.25) is 14.5 Å². The van der Waals surface area contributed by atoms with E-state index in [9.17, 15) is 14.7 Å². The van der Waals surface area contributed by atoms with Crippen molar-refractivity contribution in [3.63, 3.8) is 0 Å². The first kappa shape index (κ1) is 21.9. The zero-order valence-corrected chi connectivity index (χ0v) is 18.1. The minimum Gasteiger partial charge on any atom is -0.478 e. The molecule has 1 aliphatic rings. The predicted octanol–water partition coefficient (Wildman–Crippen LogP) is 3.07. The van der Waals surface area contributed by atoms with Gasteiger partial charge in [0.25, 0.3) is 0 Å². The van der Waals surface area contributed by atoms with E-state index in [4.69, 9.17) is 16.3 Å². The van der Waals surface area contributed by atoms with Crippen molar-refractivity contribution in [2.24, 2.45) is 0 Å². The van der Waals surface area contributed by atoms with Crippen LogP contribution in [0.4, 0.5) is 0 Å². The van der Waals surface area contributed by atoms with Gasteiger partial charge in [0.1, 0.15) is 11.8 Å². The lowest BCUT2D eigenvalue weighted by atomic mass is 10.1. The van der Waals surface area contributed by atoms with Gasteiger partial charge in [0.2, 0.25) is 5.91 Å². The molecule has 2 atom stereocenters. The largest absolute Gasteiger partial charge is 0.478 e. The molecule has 0 aliphatic carbocycles. The highest BCUT2D eigenvalue weighted by Gasteiger charge is 2.30. The lowest BCUT2D eigenvalue weighted by molar-refractivity contribution is -0.144. The van der Waals surface area contributed by atoms with Crippen molar-refractivity contribution in [1.29, 1.82) is 0 Å². The van der Waals surface area contributed by atoms with Crippen LogP contribution < -0.4 is 0 Å². The van der Waals surface area contributed by atoms with Crippen molar-refractivity contribution in [1.82, 2.24) is 24.9 Å². The number of amides is 1. The molecule has 1 fully saturated rings. The zero-order valence-electron chi connectivity index (χ0n) is 17.4. The molecule has 166 valence electrons. The maximum absolute atomic E-state index is 12.9. The number of carboxylic acid groups (broad SMARTS) is 1. The van der Waals surface area contributed by atoms with Gasteiger partial charge in [0, 0.05) is 29.4 Å². The third-order valence-corrected chi connectivity index (χ3v) is 5.63. The summed E-state index contributed by atoms with van der Waals surface area (Å²) >= 11 is 6.09. The molecule has 1 aliphatic heterocycles. The summed E-state index contributed by atoms with van der Waals surface area (Å²) in [5.41, 5.74) is 1.80. The third kappa shape index (κ3) is 4.79. The van der Waals surface area contributed by atoms with Crippen LogP contribution in [-0.2, 0) is 16.1 Å². The first-order chi connectivity index (χ1) is 15.4. The van der Waals surface area contributed by atoms with Gasteiger partial charge in [-0.25, -0.2) is 4.79 Å². The van der Waals surface area contributed by atoms with Gasteiger partial charge in [0.05, 0.1) is 37.5 Å². The van der Waals surface area contributed by atoms with E-state index < -0.39 is 5.97 Å². The number of aromatic carboxylic acids is 1. The van der Waals surface area contributed by atoms with E-state index in [0.717, 1.165) is 5.56 Å². The minimum absolute atomic E-state index is 0.0162. The molecule has 32 heavy (non-hydrogen) atoms. The fourth-order valence-electron chi connectivity index (χ4n) is 3.68. The lowest BCUT2D eigenvalue weighted by Crippen LogP contribution is -2.48. The van der Waals surface area contributed by atoms with Gasteiger partial charge in [-0.2, -0.15) is 0 Å². The molecule has 0 spiro atoms. The summed E-state index contributed by atoms with van der Waals surface area (Å²) < 4.78 is 7.46. The number of nitrogens with zero attached hydrogens (tertiary/aromatic N) is 5. The van der Waals surface area contributed by atoms with Crippen molar-refractivity contribution >= 4 is 23.5 Å². The number of rotatable bonds is 6. The molecule has 0 bridgehead atoms. The molecule has 3 aromatic rings. The number of carboxylic acids is 1. The molecule has 0 radical (unpaired) electrons. The number of hydrogen-bond donors (Lipinski definition) is 1. The Morgan fingerprint density at radius 3 is 2.94 bits per heavy atom. The van der Waals surface area contributed by atoms with Gasteiger partial charge >= 0.3 is 5.97 Å². The Morgan fingerprint density at radius 2 is 2.16 bits per heavy atom. The van der Waals surface area contributed by atoms with E-state index >= 15 is 0 Å². The van der Waals surface area contributed by atoms with Crippen LogP contribution in [-0.4, -0.2) is 61.1 Å². The fourth-order valence-corrected chi connectivity index (χ4v) is 3.88. The van der Waals surface area contributed by atoms with Crippen LogP contribution in [0.3, 0.4) is 0 Å². The summed E-state index contributed by atoms with van der Waals surface area (Å²) in [5.74, 6) is -1.08. The number of hydrogen-bond acceptors (Lipinski definition) is 6. The van der Waals surface area contributed by atoms with Gasteiger partial charge in [-0.15, -0.1) is 5.10 Å². The van der Waals surface area contributed by atoms with Gasteiger partial charge < -0.3 is 14.7 Å². The number of morpholine rings is 1. The number of benzene rings is 1. The van der Waals surface area contributed by atoms with E-state index in [1.54, 1.807) is 12.3 Å². The highest BCUT2D eigenvalue weighted by atomic mass is 35.5. The van der Waals surface area contributed by atoms with E-state index in [2.05, 4.69) is 15.3 Å². The Bertz CT molecular complexity index is 1130. The highest BCUT2D eigenvalue weighted by Crippen LogP contribution is 2.27. The second kappa shape index (κ2) is 9.46. The maximum atomic E-state index is 12.9. The molecule has 0 saturated carbocycles. The molecular weight excluding hydrogens is 434 g/mol. The summed E-state index contributed by atoms with van der Waals surface area (Å²) in [6.45, 7) is 3.16. The lowest BCUT2D eigenvalue weighted by Gasteiger charge is -2.38. The summed E-state index contributed by atoms with van der Waals surface area (Å²) in [4.78, 5) is 30.2. The van der Waals surface area contributed by atoms with Gasteiger partial charge in [-0.1, -0.05) is 28.9 Å². The standard InChI is InChI=1S/C22H22ClN5O4/c1-14-13-32-20(15-3-2-4-16(23)9-15)12-28(14)21(29)6-8-27-11-19(25-26-27)18-10-24-7-5-17(18)22(30)31/h2-5,7,9-11,14,20H,6,8,12-13H2,1H3,(H,30,31). The number of carbonyl (C=O) groups is 2. The molecule has 10 heteroatoms. The summed E-state index contributed by atoms with van der Waals surface area (Å²) in [6.07, 6.45) is 4.47. The highest BCUT2D eigenvalue weighted by molar-refractivity contribution is 6.30. The Hall–Kier alpha value is -3.30.